The molecule has 2 nitrogen and oxygen atoms in total. The number of anilines is 1. The standard InChI is InChI=1S/C17H20N2/c1-2-5-14(6-3-1)15-8-10-16(11-9-15)19-17-7-4-12-18-13-17/h1-7,12-13,15-16,19H,8-11H2. The molecule has 1 N–H and O–H groups in total. The van der Waals surface area contributed by atoms with Crippen molar-refractivity contribution in [3.05, 3.63) is 60.4 Å². The van der Waals surface area contributed by atoms with Crippen molar-refractivity contribution in [1.82, 2.24) is 4.98 Å². The van der Waals surface area contributed by atoms with Gasteiger partial charge in [-0.15, -0.1) is 0 Å². The van der Waals surface area contributed by atoms with E-state index in [4.69, 9.17) is 0 Å². The predicted octanol–water partition coefficient (Wildman–Crippen LogP) is 4.22. The van der Waals surface area contributed by atoms with E-state index < -0.39 is 0 Å². The van der Waals surface area contributed by atoms with E-state index in [1.807, 2.05) is 18.5 Å². The highest BCUT2D eigenvalue weighted by Crippen LogP contribution is 2.33. The van der Waals surface area contributed by atoms with E-state index >= 15 is 0 Å². The highest BCUT2D eigenvalue weighted by molar-refractivity contribution is 5.40. The fourth-order valence-electron chi connectivity index (χ4n) is 2.98. The molecular formula is C17H20N2. The Hall–Kier alpha value is -1.83. The topological polar surface area (TPSA) is 24.9 Å². The molecular weight excluding hydrogens is 232 g/mol. The molecule has 0 bridgehead atoms. The van der Waals surface area contributed by atoms with Crippen LogP contribution >= 0.6 is 0 Å². The summed E-state index contributed by atoms with van der Waals surface area (Å²) in [6, 6.07) is 15.6. The van der Waals surface area contributed by atoms with Gasteiger partial charge in [-0.2, -0.15) is 0 Å². The molecule has 1 saturated carbocycles. The lowest BCUT2D eigenvalue weighted by molar-refractivity contribution is 0.412. The maximum absolute atomic E-state index is 4.15. The van der Waals surface area contributed by atoms with Gasteiger partial charge in [0.05, 0.1) is 5.69 Å². The van der Waals surface area contributed by atoms with Gasteiger partial charge in [-0.1, -0.05) is 30.3 Å². The first-order valence-electron chi connectivity index (χ1n) is 7.13. The summed E-state index contributed by atoms with van der Waals surface area (Å²) in [5.74, 6) is 0.744. The lowest BCUT2D eigenvalue weighted by Crippen LogP contribution is -2.25. The summed E-state index contributed by atoms with van der Waals surface area (Å²) in [6.07, 6.45) is 8.77. The smallest absolute Gasteiger partial charge is 0.0528 e. The van der Waals surface area contributed by atoms with E-state index in [2.05, 4.69) is 46.7 Å². The van der Waals surface area contributed by atoms with Gasteiger partial charge in [0.1, 0.15) is 0 Å². The predicted molar refractivity (Wildman–Crippen MR) is 79.3 cm³/mol. The molecule has 1 heterocycles. The Kier molecular flexibility index (Phi) is 3.78. The van der Waals surface area contributed by atoms with E-state index in [9.17, 15) is 0 Å². The number of benzene rings is 1. The third-order valence-corrected chi connectivity index (χ3v) is 4.03. The zero-order valence-corrected chi connectivity index (χ0v) is 11.1. The third kappa shape index (κ3) is 3.14. The van der Waals surface area contributed by atoms with Crippen molar-refractivity contribution in [2.75, 3.05) is 5.32 Å². The lowest BCUT2D eigenvalue weighted by Gasteiger charge is -2.30. The Morgan fingerprint density at radius 1 is 0.895 bits per heavy atom. The first-order chi connectivity index (χ1) is 9.42. The van der Waals surface area contributed by atoms with Gasteiger partial charge in [-0.3, -0.25) is 4.98 Å². The summed E-state index contributed by atoms with van der Waals surface area (Å²) in [5.41, 5.74) is 2.65. The summed E-state index contributed by atoms with van der Waals surface area (Å²) in [6.45, 7) is 0. The van der Waals surface area contributed by atoms with Crippen molar-refractivity contribution in [3.63, 3.8) is 0 Å². The molecule has 1 aliphatic carbocycles. The minimum atomic E-state index is 0.601. The Morgan fingerprint density at radius 3 is 2.37 bits per heavy atom. The highest BCUT2D eigenvalue weighted by Gasteiger charge is 2.21. The number of nitrogens with zero attached hydrogens (tertiary/aromatic N) is 1. The van der Waals surface area contributed by atoms with Gasteiger partial charge in [0, 0.05) is 18.4 Å². The van der Waals surface area contributed by atoms with Crippen molar-refractivity contribution in [3.8, 4) is 0 Å². The van der Waals surface area contributed by atoms with E-state index in [0.717, 1.165) is 11.6 Å². The van der Waals surface area contributed by atoms with E-state index in [0.29, 0.717) is 6.04 Å². The van der Waals surface area contributed by atoms with Crippen LogP contribution in [0.15, 0.2) is 54.9 Å². The molecule has 0 unspecified atom stereocenters. The molecule has 1 fully saturated rings. The molecule has 0 radical (unpaired) electrons. The Morgan fingerprint density at radius 2 is 1.68 bits per heavy atom. The largest absolute Gasteiger partial charge is 0.381 e. The molecule has 0 amide bonds. The van der Waals surface area contributed by atoms with Crippen molar-refractivity contribution >= 4 is 5.69 Å². The van der Waals surface area contributed by atoms with Crippen LogP contribution in [0, 0.1) is 0 Å². The molecule has 2 heteroatoms. The van der Waals surface area contributed by atoms with Gasteiger partial charge in [0.15, 0.2) is 0 Å². The highest BCUT2D eigenvalue weighted by atomic mass is 14.9. The molecule has 1 aromatic carbocycles. The number of hydrogen-bond acceptors (Lipinski definition) is 2. The van der Waals surface area contributed by atoms with Gasteiger partial charge in [0.25, 0.3) is 0 Å². The number of nitrogens with one attached hydrogen (secondary N) is 1. The van der Waals surface area contributed by atoms with E-state index in [-0.39, 0.29) is 0 Å². The average molecular weight is 252 g/mol. The van der Waals surface area contributed by atoms with E-state index in [1.54, 1.807) is 0 Å². The van der Waals surface area contributed by atoms with Crippen LogP contribution in [0.25, 0.3) is 0 Å². The fraction of sp³-hybridized carbons (Fsp3) is 0.353. The quantitative estimate of drug-likeness (QED) is 0.884. The normalized spacial score (nSPS) is 22.9. The summed E-state index contributed by atoms with van der Waals surface area (Å²) in [7, 11) is 0. The molecule has 98 valence electrons. The van der Waals surface area contributed by atoms with Crippen LogP contribution in [0.1, 0.15) is 37.2 Å². The van der Waals surface area contributed by atoms with E-state index in [1.165, 1.54) is 31.2 Å². The molecule has 0 spiro atoms. The van der Waals surface area contributed by atoms with Crippen molar-refractivity contribution < 1.29 is 0 Å². The zero-order valence-electron chi connectivity index (χ0n) is 11.1. The molecule has 0 aliphatic heterocycles. The number of pyridine rings is 1. The Balaban J connectivity index is 1.55. The second-order valence-electron chi connectivity index (χ2n) is 5.35. The molecule has 0 saturated heterocycles. The summed E-state index contributed by atoms with van der Waals surface area (Å²) >= 11 is 0. The molecule has 1 aromatic heterocycles. The van der Waals surface area contributed by atoms with Gasteiger partial charge in [-0.05, 0) is 49.3 Å². The van der Waals surface area contributed by atoms with Crippen LogP contribution in [0.4, 0.5) is 5.69 Å². The number of hydrogen-bond donors (Lipinski definition) is 1. The van der Waals surface area contributed by atoms with Gasteiger partial charge < -0.3 is 5.32 Å². The molecule has 2 aromatic rings. The average Bonchev–Trinajstić information content (AvgIpc) is 2.50. The Labute approximate surface area is 114 Å². The van der Waals surface area contributed by atoms with Gasteiger partial charge in [0.2, 0.25) is 0 Å². The maximum Gasteiger partial charge on any atom is 0.0528 e. The molecule has 19 heavy (non-hydrogen) atoms. The fourth-order valence-corrected chi connectivity index (χ4v) is 2.98. The van der Waals surface area contributed by atoms with Crippen molar-refractivity contribution in [1.29, 1.82) is 0 Å². The minimum Gasteiger partial charge on any atom is -0.381 e. The van der Waals surface area contributed by atoms with Crippen LogP contribution < -0.4 is 5.32 Å². The monoisotopic (exact) mass is 252 g/mol. The molecule has 3 rings (SSSR count). The summed E-state index contributed by atoms with van der Waals surface area (Å²) in [5, 5.41) is 3.59. The first kappa shape index (κ1) is 12.2. The third-order valence-electron chi connectivity index (χ3n) is 4.03. The van der Waals surface area contributed by atoms with Crippen LogP contribution in [-0.4, -0.2) is 11.0 Å². The van der Waals surface area contributed by atoms with Crippen molar-refractivity contribution in [2.45, 2.75) is 37.6 Å². The summed E-state index contributed by atoms with van der Waals surface area (Å²) in [4.78, 5) is 4.15. The molecule has 1 aliphatic rings. The van der Waals surface area contributed by atoms with Crippen LogP contribution in [0.2, 0.25) is 0 Å². The first-order valence-corrected chi connectivity index (χ1v) is 7.13. The second-order valence-corrected chi connectivity index (χ2v) is 5.35. The number of rotatable bonds is 3. The maximum atomic E-state index is 4.15. The SMILES string of the molecule is c1ccc(C2CCC(Nc3cccnc3)CC2)cc1. The van der Waals surface area contributed by atoms with Crippen LogP contribution in [0.5, 0.6) is 0 Å². The second kappa shape index (κ2) is 5.87. The zero-order chi connectivity index (χ0) is 12.9. The minimum absolute atomic E-state index is 0.601. The van der Waals surface area contributed by atoms with Crippen molar-refractivity contribution in [2.24, 2.45) is 0 Å². The van der Waals surface area contributed by atoms with Gasteiger partial charge in [-0.25, -0.2) is 0 Å². The van der Waals surface area contributed by atoms with Crippen LogP contribution in [0.3, 0.4) is 0 Å². The van der Waals surface area contributed by atoms with Gasteiger partial charge >= 0.3 is 0 Å². The summed E-state index contributed by atoms with van der Waals surface area (Å²) < 4.78 is 0. The number of aromatic nitrogens is 1. The Bertz CT molecular complexity index is 487. The molecule has 0 atom stereocenters. The lowest BCUT2D eigenvalue weighted by atomic mass is 9.82. The van der Waals surface area contributed by atoms with Crippen LogP contribution in [-0.2, 0) is 0 Å².